The van der Waals surface area contributed by atoms with Crippen LogP contribution in [0.2, 0.25) is 0 Å². The van der Waals surface area contributed by atoms with Crippen LogP contribution in [0.25, 0.3) is 0 Å². The third-order valence-corrected chi connectivity index (χ3v) is 6.09. The fourth-order valence-electron chi connectivity index (χ4n) is 3.79. The molecule has 1 aliphatic rings. The Morgan fingerprint density at radius 1 is 1.00 bits per heavy atom. The normalized spacial score (nSPS) is 17.4. The molecule has 170 valence electrons. The molecule has 0 radical (unpaired) electrons. The molecule has 2 N–H and O–H groups in total. The Morgan fingerprint density at radius 3 is 2.33 bits per heavy atom. The van der Waals surface area contributed by atoms with E-state index in [1.54, 1.807) is 14.0 Å². The number of amides is 3. The Kier molecular flexibility index (Phi) is 6.00. The quantitative estimate of drug-likeness (QED) is 0.608. The maximum atomic E-state index is 13.1. The molecular formula is C25H27N5O3. The fourth-order valence-corrected chi connectivity index (χ4v) is 3.79. The molecule has 0 aliphatic carbocycles. The number of carbonyl (C=O) groups is 3. The minimum absolute atomic E-state index is 0.146. The molecule has 0 saturated carbocycles. The van der Waals surface area contributed by atoms with Gasteiger partial charge in [-0.25, -0.2) is 0 Å². The number of hydrogen-bond acceptors (Lipinski definition) is 4. The first-order chi connectivity index (χ1) is 15.8. The monoisotopic (exact) mass is 445 g/mol. The van der Waals surface area contributed by atoms with E-state index in [2.05, 4.69) is 15.7 Å². The van der Waals surface area contributed by atoms with Gasteiger partial charge in [-0.1, -0.05) is 60.2 Å². The number of nitrogens with one attached hydrogen (secondary N) is 2. The number of nitrogens with zero attached hydrogens (tertiary/aromatic N) is 3. The zero-order valence-corrected chi connectivity index (χ0v) is 19.0. The second kappa shape index (κ2) is 8.90. The molecule has 1 aliphatic heterocycles. The highest BCUT2D eigenvalue weighted by Gasteiger charge is 2.46. The van der Waals surface area contributed by atoms with Crippen molar-refractivity contribution in [3.05, 3.63) is 88.7 Å². The molecule has 4 rings (SSSR count). The highest BCUT2D eigenvalue weighted by atomic mass is 16.2. The predicted molar refractivity (Wildman–Crippen MR) is 123 cm³/mol. The first kappa shape index (κ1) is 22.3. The Bertz CT molecular complexity index is 1190. The molecule has 0 saturated heterocycles. The number of hydrogen-bond donors (Lipinski definition) is 2. The minimum Gasteiger partial charge on any atom is -0.350 e. The molecule has 3 aromatic rings. The van der Waals surface area contributed by atoms with Gasteiger partial charge < -0.3 is 15.5 Å². The number of carbonyl (C=O) groups excluding carboxylic acids is 3. The number of rotatable bonds is 6. The molecule has 1 atom stereocenters. The second-order valence-electron chi connectivity index (χ2n) is 8.55. The second-order valence-corrected chi connectivity index (χ2v) is 8.55. The third kappa shape index (κ3) is 4.50. The first-order valence-electron chi connectivity index (χ1n) is 10.8. The van der Waals surface area contributed by atoms with E-state index >= 15 is 0 Å². The summed E-state index contributed by atoms with van der Waals surface area (Å²) >= 11 is 0. The van der Waals surface area contributed by atoms with Crippen LogP contribution in [0, 0.1) is 6.92 Å². The van der Waals surface area contributed by atoms with E-state index in [1.165, 1.54) is 15.6 Å². The molecule has 3 amide bonds. The van der Waals surface area contributed by atoms with Crippen LogP contribution < -0.4 is 10.6 Å². The topological polar surface area (TPSA) is 96.3 Å². The lowest BCUT2D eigenvalue weighted by atomic mass is 9.96. The van der Waals surface area contributed by atoms with Crippen molar-refractivity contribution < 1.29 is 14.4 Å². The summed E-state index contributed by atoms with van der Waals surface area (Å²) in [6.07, 6.45) is 0. The van der Waals surface area contributed by atoms with Crippen LogP contribution in [-0.4, -0.2) is 45.0 Å². The van der Waals surface area contributed by atoms with Gasteiger partial charge in [-0.2, -0.15) is 5.10 Å². The SMILES string of the molecule is Cc1ccc(CNC(=O)c2cc3n(n2)CC(C)(C(=O)NCc2ccccc2)N(C)C3=O)cc1. The van der Waals surface area contributed by atoms with Crippen molar-refractivity contribution in [2.75, 3.05) is 7.05 Å². The lowest BCUT2D eigenvalue weighted by molar-refractivity contribution is -0.132. The molecule has 1 aromatic heterocycles. The highest BCUT2D eigenvalue weighted by molar-refractivity contribution is 6.01. The summed E-state index contributed by atoms with van der Waals surface area (Å²) in [4.78, 5) is 40.1. The predicted octanol–water partition coefficient (Wildman–Crippen LogP) is 2.28. The minimum atomic E-state index is -1.14. The molecule has 0 fully saturated rings. The smallest absolute Gasteiger partial charge is 0.272 e. The van der Waals surface area contributed by atoms with E-state index in [9.17, 15) is 14.4 Å². The maximum absolute atomic E-state index is 13.1. The van der Waals surface area contributed by atoms with Crippen LogP contribution in [0.5, 0.6) is 0 Å². The van der Waals surface area contributed by atoms with Crippen LogP contribution in [0.4, 0.5) is 0 Å². The lowest BCUT2D eigenvalue weighted by Gasteiger charge is -2.40. The number of benzene rings is 2. The van der Waals surface area contributed by atoms with Crippen LogP contribution in [0.3, 0.4) is 0 Å². The van der Waals surface area contributed by atoms with Gasteiger partial charge in [0, 0.05) is 26.2 Å². The summed E-state index contributed by atoms with van der Waals surface area (Å²) in [7, 11) is 1.60. The highest BCUT2D eigenvalue weighted by Crippen LogP contribution is 2.26. The van der Waals surface area contributed by atoms with Gasteiger partial charge in [-0.3, -0.25) is 19.1 Å². The zero-order valence-electron chi connectivity index (χ0n) is 19.0. The largest absolute Gasteiger partial charge is 0.350 e. The van der Waals surface area contributed by atoms with Crippen molar-refractivity contribution in [3.63, 3.8) is 0 Å². The summed E-state index contributed by atoms with van der Waals surface area (Å²) in [6, 6.07) is 18.9. The molecular weight excluding hydrogens is 418 g/mol. The summed E-state index contributed by atoms with van der Waals surface area (Å²) in [5, 5.41) is 10.1. The molecule has 8 nitrogen and oxygen atoms in total. The van der Waals surface area contributed by atoms with Crippen LogP contribution in [-0.2, 0) is 24.4 Å². The van der Waals surface area contributed by atoms with E-state index < -0.39 is 5.54 Å². The van der Waals surface area contributed by atoms with Crippen molar-refractivity contribution in [2.45, 2.75) is 39.0 Å². The van der Waals surface area contributed by atoms with Gasteiger partial charge in [-0.05, 0) is 25.0 Å². The van der Waals surface area contributed by atoms with Gasteiger partial charge in [0.15, 0.2) is 5.69 Å². The van der Waals surface area contributed by atoms with Crippen LogP contribution in [0.1, 0.15) is 44.6 Å². The van der Waals surface area contributed by atoms with E-state index in [1.807, 2.05) is 61.5 Å². The molecule has 2 aromatic carbocycles. The van der Waals surface area contributed by atoms with Crippen molar-refractivity contribution in [1.29, 1.82) is 0 Å². The van der Waals surface area contributed by atoms with Crippen molar-refractivity contribution in [3.8, 4) is 0 Å². The summed E-state index contributed by atoms with van der Waals surface area (Å²) in [5.41, 5.74) is 2.37. The van der Waals surface area contributed by atoms with Crippen LogP contribution >= 0.6 is 0 Å². The third-order valence-electron chi connectivity index (χ3n) is 6.09. The number of fused-ring (bicyclic) bond motifs is 1. The van der Waals surface area contributed by atoms with Crippen molar-refractivity contribution in [2.24, 2.45) is 0 Å². The lowest BCUT2D eigenvalue weighted by Crippen LogP contribution is -2.62. The number of likely N-dealkylation sites (N-methyl/N-ethyl adjacent to an activating group) is 1. The summed E-state index contributed by atoms with van der Waals surface area (Å²) in [5.74, 6) is -1.01. The van der Waals surface area contributed by atoms with Gasteiger partial charge in [-0.15, -0.1) is 0 Å². The fraction of sp³-hybridized carbons (Fsp3) is 0.280. The van der Waals surface area contributed by atoms with Gasteiger partial charge in [0.25, 0.3) is 11.8 Å². The van der Waals surface area contributed by atoms with E-state index in [-0.39, 0.29) is 35.7 Å². The van der Waals surface area contributed by atoms with Gasteiger partial charge in [0.2, 0.25) is 5.91 Å². The van der Waals surface area contributed by atoms with Gasteiger partial charge >= 0.3 is 0 Å². The average molecular weight is 446 g/mol. The van der Waals surface area contributed by atoms with Crippen LogP contribution in [0.15, 0.2) is 60.7 Å². The van der Waals surface area contributed by atoms with E-state index in [0.29, 0.717) is 13.1 Å². The molecule has 8 heteroatoms. The Balaban J connectivity index is 1.47. The Labute approximate surface area is 192 Å². The molecule has 2 heterocycles. The molecule has 0 bridgehead atoms. The first-order valence-corrected chi connectivity index (χ1v) is 10.8. The maximum Gasteiger partial charge on any atom is 0.272 e. The average Bonchev–Trinajstić information content (AvgIpc) is 3.25. The summed E-state index contributed by atoms with van der Waals surface area (Å²) < 4.78 is 1.45. The number of aromatic nitrogens is 2. The molecule has 33 heavy (non-hydrogen) atoms. The van der Waals surface area contributed by atoms with E-state index in [4.69, 9.17) is 0 Å². The Hall–Kier alpha value is -3.94. The van der Waals surface area contributed by atoms with Gasteiger partial charge in [0.1, 0.15) is 11.2 Å². The molecule has 1 unspecified atom stereocenters. The van der Waals surface area contributed by atoms with Gasteiger partial charge in [0.05, 0.1) is 6.54 Å². The van der Waals surface area contributed by atoms with Crippen molar-refractivity contribution in [1.82, 2.24) is 25.3 Å². The standard InChI is InChI=1S/C25H27N5O3/c1-17-9-11-19(12-10-17)14-26-22(31)20-13-21-23(32)29(3)25(2,16-30(21)28-20)24(33)27-15-18-7-5-4-6-8-18/h4-13H,14-16H2,1-3H3,(H,26,31)(H,27,33). The number of aryl methyl sites for hydroxylation is 1. The Morgan fingerprint density at radius 2 is 1.64 bits per heavy atom. The molecule has 0 spiro atoms. The summed E-state index contributed by atoms with van der Waals surface area (Å²) in [6.45, 7) is 4.57. The van der Waals surface area contributed by atoms with Crippen molar-refractivity contribution >= 4 is 17.7 Å². The van der Waals surface area contributed by atoms with E-state index in [0.717, 1.165) is 16.7 Å². The zero-order chi connectivity index (χ0) is 23.6.